The van der Waals surface area contributed by atoms with Crippen molar-refractivity contribution in [1.29, 1.82) is 0 Å². The van der Waals surface area contributed by atoms with E-state index in [-0.39, 0.29) is 11.8 Å². The number of aromatic nitrogens is 2. The molecule has 90 valence electrons. The normalized spacial score (nSPS) is 13.1. The van der Waals surface area contributed by atoms with Crippen molar-refractivity contribution in [3.05, 3.63) is 16.4 Å². The summed E-state index contributed by atoms with van der Waals surface area (Å²) in [6, 6.07) is -0.0976. The van der Waals surface area contributed by atoms with Crippen molar-refractivity contribution in [2.45, 2.75) is 39.8 Å². The van der Waals surface area contributed by atoms with Crippen molar-refractivity contribution in [3.63, 3.8) is 0 Å². The molecule has 5 heteroatoms. The fourth-order valence-corrected chi connectivity index (χ4v) is 1.94. The molecule has 1 aromatic heterocycles. The maximum absolute atomic E-state index is 12.1. The van der Waals surface area contributed by atoms with Crippen molar-refractivity contribution in [2.24, 2.45) is 11.7 Å². The zero-order valence-electron chi connectivity index (χ0n) is 9.90. The molecule has 0 amide bonds. The van der Waals surface area contributed by atoms with E-state index < -0.39 is 0 Å². The first-order chi connectivity index (χ1) is 7.47. The standard InChI is InChI=1S/C11H18BrN3O/c1-4-15-11(8(12)6-14-15)10(16)5-9(13)7(2)3/h6-7,9H,4-5,13H2,1-3H3. The van der Waals surface area contributed by atoms with Gasteiger partial charge in [-0.15, -0.1) is 0 Å². The van der Waals surface area contributed by atoms with Gasteiger partial charge in [0.15, 0.2) is 5.78 Å². The Bertz CT molecular complexity index is 373. The lowest BCUT2D eigenvalue weighted by atomic mass is 9.99. The molecule has 1 aromatic rings. The van der Waals surface area contributed by atoms with Gasteiger partial charge in [0.1, 0.15) is 5.69 Å². The number of Topliss-reactive ketones (excluding diaryl/α,β-unsaturated/α-hetero) is 1. The van der Waals surface area contributed by atoms with E-state index in [0.29, 0.717) is 24.6 Å². The van der Waals surface area contributed by atoms with Gasteiger partial charge in [0, 0.05) is 19.0 Å². The molecule has 0 bridgehead atoms. The number of rotatable bonds is 5. The Morgan fingerprint density at radius 2 is 2.25 bits per heavy atom. The molecule has 0 saturated carbocycles. The van der Waals surface area contributed by atoms with Crippen molar-refractivity contribution < 1.29 is 4.79 Å². The third kappa shape index (κ3) is 2.92. The van der Waals surface area contributed by atoms with E-state index in [9.17, 15) is 4.79 Å². The van der Waals surface area contributed by atoms with Gasteiger partial charge in [-0.1, -0.05) is 13.8 Å². The van der Waals surface area contributed by atoms with E-state index >= 15 is 0 Å². The number of nitrogens with two attached hydrogens (primary N) is 1. The molecular formula is C11H18BrN3O. The van der Waals surface area contributed by atoms with E-state index in [0.717, 1.165) is 4.47 Å². The van der Waals surface area contributed by atoms with Crippen LogP contribution in [0.3, 0.4) is 0 Å². The summed E-state index contributed by atoms with van der Waals surface area (Å²) in [5, 5.41) is 4.12. The van der Waals surface area contributed by atoms with Crippen LogP contribution in [0.15, 0.2) is 10.7 Å². The average molecular weight is 288 g/mol. The molecule has 0 aliphatic rings. The van der Waals surface area contributed by atoms with Crippen LogP contribution in [0.1, 0.15) is 37.7 Å². The summed E-state index contributed by atoms with van der Waals surface area (Å²) in [6.45, 7) is 6.68. The highest BCUT2D eigenvalue weighted by molar-refractivity contribution is 9.10. The molecule has 1 atom stereocenters. The Morgan fingerprint density at radius 1 is 1.62 bits per heavy atom. The molecule has 2 N–H and O–H groups in total. The van der Waals surface area contributed by atoms with Gasteiger partial charge in [-0.05, 0) is 28.8 Å². The number of hydrogen-bond donors (Lipinski definition) is 1. The number of nitrogens with zero attached hydrogens (tertiary/aromatic N) is 2. The van der Waals surface area contributed by atoms with E-state index in [2.05, 4.69) is 21.0 Å². The second-order valence-corrected chi connectivity index (χ2v) is 5.05. The van der Waals surface area contributed by atoms with Crippen LogP contribution in [0.4, 0.5) is 0 Å². The molecule has 0 aromatic carbocycles. The molecule has 0 radical (unpaired) electrons. The molecule has 1 heterocycles. The minimum atomic E-state index is -0.0976. The first-order valence-corrected chi connectivity index (χ1v) is 6.26. The number of halogens is 1. The van der Waals surface area contributed by atoms with Crippen LogP contribution >= 0.6 is 15.9 Å². The van der Waals surface area contributed by atoms with Gasteiger partial charge < -0.3 is 5.73 Å². The second kappa shape index (κ2) is 5.59. The lowest BCUT2D eigenvalue weighted by molar-refractivity contribution is 0.0956. The Morgan fingerprint density at radius 3 is 2.75 bits per heavy atom. The molecule has 4 nitrogen and oxygen atoms in total. The fraction of sp³-hybridized carbons (Fsp3) is 0.636. The highest BCUT2D eigenvalue weighted by Gasteiger charge is 2.20. The summed E-state index contributed by atoms with van der Waals surface area (Å²) in [5.74, 6) is 0.355. The van der Waals surface area contributed by atoms with Gasteiger partial charge in [0.05, 0.1) is 10.7 Å². The minimum absolute atomic E-state index is 0.0485. The molecule has 0 aliphatic carbocycles. The van der Waals surface area contributed by atoms with Crippen molar-refractivity contribution in [3.8, 4) is 0 Å². The number of aryl methyl sites for hydroxylation is 1. The van der Waals surface area contributed by atoms with E-state index in [1.807, 2.05) is 20.8 Å². The predicted molar refractivity (Wildman–Crippen MR) is 67.4 cm³/mol. The van der Waals surface area contributed by atoms with E-state index in [4.69, 9.17) is 5.73 Å². The number of carbonyl (C=O) groups is 1. The topological polar surface area (TPSA) is 60.9 Å². The quantitative estimate of drug-likeness (QED) is 0.845. The van der Waals surface area contributed by atoms with Gasteiger partial charge in [-0.3, -0.25) is 9.48 Å². The van der Waals surface area contributed by atoms with Gasteiger partial charge in [0.2, 0.25) is 0 Å². The summed E-state index contributed by atoms with van der Waals surface area (Å²) in [6.07, 6.45) is 2.01. The van der Waals surface area contributed by atoms with Crippen LogP contribution in [0.2, 0.25) is 0 Å². The summed E-state index contributed by atoms with van der Waals surface area (Å²) >= 11 is 3.34. The molecule has 1 unspecified atom stereocenters. The molecule has 0 saturated heterocycles. The maximum Gasteiger partial charge on any atom is 0.183 e. The van der Waals surface area contributed by atoms with Crippen LogP contribution in [-0.2, 0) is 6.54 Å². The van der Waals surface area contributed by atoms with Gasteiger partial charge in [0.25, 0.3) is 0 Å². The summed E-state index contributed by atoms with van der Waals surface area (Å²) in [4.78, 5) is 12.1. The van der Waals surface area contributed by atoms with Gasteiger partial charge >= 0.3 is 0 Å². The third-order valence-electron chi connectivity index (χ3n) is 2.64. The summed E-state index contributed by atoms with van der Waals surface area (Å²) in [5.41, 5.74) is 6.52. The van der Waals surface area contributed by atoms with Crippen LogP contribution < -0.4 is 5.73 Å². The molecule has 16 heavy (non-hydrogen) atoms. The van der Waals surface area contributed by atoms with E-state index in [1.165, 1.54) is 0 Å². The number of carbonyl (C=O) groups excluding carboxylic acids is 1. The Hall–Kier alpha value is -0.680. The van der Waals surface area contributed by atoms with Crippen molar-refractivity contribution in [2.75, 3.05) is 0 Å². The summed E-state index contributed by atoms with van der Waals surface area (Å²) in [7, 11) is 0. The Balaban J connectivity index is 2.84. The zero-order valence-corrected chi connectivity index (χ0v) is 11.5. The molecular weight excluding hydrogens is 270 g/mol. The fourth-order valence-electron chi connectivity index (χ4n) is 1.43. The highest BCUT2D eigenvalue weighted by Crippen LogP contribution is 2.19. The highest BCUT2D eigenvalue weighted by atomic mass is 79.9. The largest absolute Gasteiger partial charge is 0.327 e. The monoisotopic (exact) mass is 287 g/mol. The minimum Gasteiger partial charge on any atom is -0.327 e. The smallest absolute Gasteiger partial charge is 0.183 e. The Labute approximate surface area is 104 Å². The van der Waals surface area contributed by atoms with Crippen molar-refractivity contribution in [1.82, 2.24) is 9.78 Å². The predicted octanol–water partition coefficient (Wildman–Crippen LogP) is 2.22. The van der Waals surface area contributed by atoms with Gasteiger partial charge in [-0.2, -0.15) is 5.10 Å². The maximum atomic E-state index is 12.1. The zero-order chi connectivity index (χ0) is 12.3. The van der Waals surface area contributed by atoms with E-state index in [1.54, 1.807) is 10.9 Å². The lowest BCUT2D eigenvalue weighted by Gasteiger charge is -2.14. The third-order valence-corrected chi connectivity index (χ3v) is 3.22. The molecule has 0 aliphatic heterocycles. The second-order valence-electron chi connectivity index (χ2n) is 4.19. The lowest BCUT2D eigenvalue weighted by Crippen LogP contribution is -2.30. The van der Waals surface area contributed by atoms with Crippen LogP contribution in [0.25, 0.3) is 0 Å². The van der Waals surface area contributed by atoms with Crippen LogP contribution in [0, 0.1) is 5.92 Å². The van der Waals surface area contributed by atoms with Gasteiger partial charge in [-0.25, -0.2) is 0 Å². The van der Waals surface area contributed by atoms with Crippen molar-refractivity contribution >= 4 is 21.7 Å². The number of ketones is 1. The molecule has 0 spiro atoms. The first-order valence-electron chi connectivity index (χ1n) is 5.47. The van der Waals surface area contributed by atoms with Crippen LogP contribution in [-0.4, -0.2) is 21.6 Å². The average Bonchev–Trinajstić information content (AvgIpc) is 2.59. The molecule has 0 fully saturated rings. The Kier molecular flexibility index (Phi) is 4.68. The van der Waals surface area contributed by atoms with Crippen LogP contribution in [0.5, 0.6) is 0 Å². The number of hydrogen-bond acceptors (Lipinski definition) is 3. The molecule has 1 rings (SSSR count). The summed E-state index contributed by atoms with van der Waals surface area (Å²) < 4.78 is 2.44. The first kappa shape index (κ1) is 13.4. The SMILES string of the molecule is CCn1ncc(Br)c1C(=O)CC(N)C(C)C.